The number of hydrogen-bond donors (Lipinski definition) is 1. The molecule has 2 aromatic carbocycles. The maximum Gasteiger partial charge on any atom is 0.276 e. The molecule has 0 aromatic heterocycles. The van der Waals surface area contributed by atoms with Crippen LogP contribution in [0.25, 0.3) is 0 Å². The molecule has 0 bridgehead atoms. The molecule has 0 aliphatic heterocycles. The summed E-state index contributed by atoms with van der Waals surface area (Å²) in [5.41, 5.74) is 2.13. The highest BCUT2D eigenvalue weighted by Crippen LogP contribution is 2.33. The van der Waals surface area contributed by atoms with Crippen molar-refractivity contribution < 1.29 is 17.9 Å². The fourth-order valence-corrected chi connectivity index (χ4v) is 3.93. The van der Waals surface area contributed by atoms with Crippen LogP contribution in [0.3, 0.4) is 0 Å². The number of benzene rings is 2. The Morgan fingerprint density at radius 3 is 2.23 bits per heavy atom. The van der Waals surface area contributed by atoms with Crippen LogP contribution in [0, 0.1) is 6.92 Å². The van der Waals surface area contributed by atoms with E-state index in [1.807, 2.05) is 6.92 Å². The first-order valence-electron chi connectivity index (χ1n) is 7.45. The molecule has 0 spiro atoms. The second-order valence-corrected chi connectivity index (χ2v) is 8.36. The van der Waals surface area contributed by atoms with Crippen LogP contribution in [0.4, 0.5) is 0 Å². The van der Waals surface area contributed by atoms with Gasteiger partial charge in [-0.05, 0) is 47.1 Å². The number of sulfonamides is 1. The number of nitrogens with one attached hydrogen (secondary N) is 1. The molecule has 26 heavy (non-hydrogen) atoms. The van der Waals surface area contributed by atoms with Gasteiger partial charge in [0.2, 0.25) is 0 Å². The predicted molar refractivity (Wildman–Crippen MR) is 109 cm³/mol. The molecule has 2 rings (SSSR count). The number of hydrazone groups is 1. The van der Waals surface area contributed by atoms with Crippen molar-refractivity contribution in [3.8, 4) is 11.5 Å². The maximum absolute atomic E-state index is 12.4. The highest BCUT2D eigenvalue weighted by molar-refractivity contribution is 9.10. The van der Waals surface area contributed by atoms with Crippen molar-refractivity contribution in [1.82, 2.24) is 4.83 Å². The molecule has 9 heteroatoms. The molecule has 0 amide bonds. The van der Waals surface area contributed by atoms with Crippen LogP contribution in [0.5, 0.6) is 11.5 Å². The number of alkyl halides is 1. The Hall–Kier alpha value is -1.58. The summed E-state index contributed by atoms with van der Waals surface area (Å²) in [6.45, 7) is 1.89. The van der Waals surface area contributed by atoms with Crippen LogP contribution in [0.1, 0.15) is 11.1 Å². The molecule has 2 aromatic rings. The molecule has 0 aliphatic rings. The van der Waals surface area contributed by atoms with E-state index in [1.165, 1.54) is 19.2 Å². The quantitative estimate of drug-likeness (QED) is 0.352. The molecule has 1 N–H and O–H groups in total. The highest BCUT2D eigenvalue weighted by Gasteiger charge is 2.16. The summed E-state index contributed by atoms with van der Waals surface area (Å²) in [6.07, 6.45) is 0. The maximum atomic E-state index is 12.4. The molecule has 0 heterocycles. The van der Waals surface area contributed by atoms with Gasteiger partial charge in [-0.25, -0.2) is 0 Å². The van der Waals surface area contributed by atoms with E-state index in [2.05, 4.69) is 41.8 Å². The fraction of sp³-hybridized carbons (Fsp3) is 0.235. The summed E-state index contributed by atoms with van der Waals surface area (Å²) in [6, 6.07) is 9.99. The summed E-state index contributed by atoms with van der Waals surface area (Å²) in [4.78, 5) is 2.42. The average molecular weight is 506 g/mol. The van der Waals surface area contributed by atoms with E-state index in [4.69, 9.17) is 9.47 Å². The average Bonchev–Trinajstić information content (AvgIpc) is 2.63. The van der Waals surface area contributed by atoms with Gasteiger partial charge in [0.15, 0.2) is 11.5 Å². The van der Waals surface area contributed by atoms with E-state index >= 15 is 0 Å². The van der Waals surface area contributed by atoms with Crippen molar-refractivity contribution in [3.63, 3.8) is 0 Å². The lowest BCUT2D eigenvalue weighted by molar-refractivity contribution is 0.354. The highest BCUT2D eigenvalue weighted by atomic mass is 79.9. The van der Waals surface area contributed by atoms with Gasteiger partial charge >= 0.3 is 0 Å². The minimum Gasteiger partial charge on any atom is -0.493 e. The third kappa shape index (κ3) is 4.77. The Labute approximate surface area is 169 Å². The van der Waals surface area contributed by atoms with Crippen molar-refractivity contribution in [1.29, 1.82) is 0 Å². The molecule has 140 valence electrons. The first-order valence-corrected chi connectivity index (χ1v) is 10.8. The van der Waals surface area contributed by atoms with Crippen LogP contribution >= 0.6 is 31.9 Å². The van der Waals surface area contributed by atoms with Gasteiger partial charge in [-0.3, -0.25) is 0 Å². The SMILES string of the molecule is COc1cc(Br)c(/C(CBr)=N\NS(=O)(=O)c2ccc(C)cc2)cc1OC. The molecule has 0 saturated heterocycles. The Morgan fingerprint density at radius 2 is 1.69 bits per heavy atom. The van der Waals surface area contributed by atoms with Gasteiger partial charge in [-0.1, -0.05) is 33.6 Å². The first-order chi connectivity index (χ1) is 12.3. The number of hydrogen-bond acceptors (Lipinski definition) is 5. The van der Waals surface area contributed by atoms with Crippen molar-refractivity contribution in [2.24, 2.45) is 5.10 Å². The molecule has 0 unspecified atom stereocenters. The number of halogens is 2. The van der Waals surface area contributed by atoms with Gasteiger partial charge in [0.25, 0.3) is 10.0 Å². The normalized spacial score (nSPS) is 12.0. The lowest BCUT2D eigenvalue weighted by Gasteiger charge is -2.13. The lowest BCUT2D eigenvalue weighted by Crippen LogP contribution is -2.21. The Kier molecular flexibility index (Phi) is 7.08. The van der Waals surface area contributed by atoms with E-state index in [0.717, 1.165) is 5.56 Å². The number of methoxy groups -OCH3 is 2. The summed E-state index contributed by atoms with van der Waals surface area (Å²) in [5.74, 6) is 1.07. The predicted octanol–water partition coefficient (Wildman–Crippen LogP) is 3.85. The van der Waals surface area contributed by atoms with Crippen LogP contribution in [0.15, 0.2) is 50.9 Å². The molecule has 0 aliphatic carbocycles. The van der Waals surface area contributed by atoms with Crippen molar-refractivity contribution in [2.45, 2.75) is 11.8 Å². The number of ether oxygens (including phenoxy) is 2. The molecule has 0 saturated carbocycles. The zero-order chi connectivity index (χ0) is 19.3. The largest absolute Gasteiger partial charge is 0.493 e. The van der Waals surface area contributed by atoms with E-state index in [9.17, 15) is 8.42 Å². The van der Waals surface area contributed by atoms with E-state index in [-0.39, 0.29) is 4.90 Å². The monoisotopic (exact) mass is 504 g/mol. The third-order valence-corrected chi connectivity index (χ3v) is 5.95. The van der Waals surface area contributed by atoms with Crippen molar-refractivity contribution >= 4 is 47.6 Å². The fourth-order valence-electron chi connectivity index (χ4n) is 2.12. The molecule has 0 radical (unpaired) electrons. The molecular weight excluding hydrogens is 488 g/mol. The Bertz CT molecular complexity index is 913. The smallest absolute Gasteiger partial charge is 0.276 e. The van der Waals surface area contributed by atoms with Crippen LogP contribution in [-0.2, 0) is 10.0 Å². The third-order valence-electron chi connectivity index (χ3n) is 3.54. The minimum absolute atomic E-state index is 0.146. The zero-order valence-corrected chi connectivity index (χ0v) is 18.4. The van der Waals surface area contributed by atoms with Gasteiger partial charge in [-0.15, -0.1) is 0 Å². The summed E-state index contributed by atoms with van der Waals surface area (Å²) in [7, 11) is -0.692. The van der Waals surface area contributed by atoms with E-state index in [1.54, 1.807) is 31.4 Å². The summed E-state index contributed by atoms with van der Waals surface area (Å²) in [5, 5.41) is 4.41. The number of rotatable bonds is 7. The van der Waals surface area contributed by atoms with Gasteiger partial charge in [-0.2, -0.15) is 18.4 Å². The molecular formula is C17H18Br2N2O4S. The van der Waals surface area contributed by atoms with Gasteiger partial charge in [0.05, 0.1) is 24.8 Å². The Morgan fingerprint density at radius 1 is 1.12 bits per heavy atom. The zero-order valence-electron chi connectivity index (χ0n) is 14.4. The van der Waals surface area contributed by atoms with E-state index < -0.39 is 10.0 Å². The van der Waals surface area contributed by atoms with Gasteiger partial charge in [0, 0.05) is 15.4 Å². The van der Waals surface area contributed by atoms with Crippen molar-refractivity contribution in [3.05, 3.63) is 52.0 Å². The summed E-state index contributed by atoms with van der Waals surface area (Å²) >= 11 is 6.80. The number of nitrogens with zero attached hydrogens (tertiary/aromatic N) is 1. The van der Waals surface area contributed by atoms with Gasteiger partial charge in [0.1, 0.15) is 0 Å². The van der Waals surface area contributed by atoms with Gasteiger partial charge < -0.3 is 9.47 Å². The molecule has 0 fully saturated rings. The summed E-state index contributed by atoms with van der Waals surface area (Å²) < 4.78 is 36.1. The van der Waals surface area contributed by atoms with Crippen LogP contribution in [0.2, 0.25) is 0 Å². The lowest BCUT2D eigenvalue weighted by atomic mass is 10.1. The number of aryl methyl sites for hydroxylation is 1. The topological polar surface area (TPSA) is 77.0 Å². The minimum atomic E-state index is -3.76. The standard InChI is InChI=1S/C17H18Br2N2O4S/c1-11-4-6-12(7-5-11)26(22,23)21-20-15(10-18)13-8-16(24-2)17(25-3)9-14(13)19/h4-9,21H,10H2,1-3H3/b20-15-. The Balaban J connectivity index is 2.37. The first kappa shape index (κ1) is 20.7. The molecule has 6 nitrogen and oxygen atoms in total. The second-order valence-electron chi connectivity index (χ2n) is 5.29. The van der Waals surface area contributed by atoms with Crippen LogP contribution in [-0.4, -0.2) is 33.7 Å². The van der Waals surface area contributed by atoms with Crippen molar-refractivity contribution in [2.75, 3.05) is 19.5 Å². The van der Waals surface area contributed by atoms with E-state index in [0.29, 0.717) is 32.6 Å². The molecule has 0 atom stereocenters. The second kappa shape index (κ2) is 8.88. The van der Waals surface area contributed by atoms with Crippen LogP contribution < -0.4 is 14.3 Å².